The van der Waals surface area contributed by atoms with E-state index in [1.165, 1.54) is 0 Å². The Hall–Kier alpha value is -0.570. The molecule has 98 valence electrons. The van der Waals surface area contributed by atoms with Gasteiger partial charge in [0.1, 0.15) is 0 Å². The van der Waals surface area contributed by atoms with Gasteiger partial charge in [-0.2, -0.15) is 0 Å². The molecule has 0 aromatic rings. The largest absolute Gasteiger partial charge is 0.393 e. The minimum absolute atomic E-state index is 0.118. The first-order valence-electron chi connectivity index (χ1n) is 6.66. The number of carbonyl (C=O) groups is 1. The summed E-state index contributed by atoms with van der Waals surface area (Å²) in [4.78, 5) is 14.4. The van der Waals surface area contributed by atoms with Crippen molar-refractivity contribution in [2.24, 2.45) is 22.7 Å². The molecule has 1 amide bonds. The van der Waals surface area contributed by atoms with E-state index in [2.05, 4.69) is 27.7 Å². The van der Waals surface area contributed by atoms with Crippen molar-refractivity contribution in [1.82, 2.24) is 4.90 Å². The van der Waals surface area contributed by atoms with Gasteiger partial charge in [0.05, 0.1) is 6.10 Å². The third-order valence-electron chi connectivity index (χ3n) is 5.49. The van der Waals surface area contributed by atoms with Crippen molar-refractivity contribution < 1.29 is 9.90 Å². The van der Waals surface area contributed by atoms with Gasteiger partial charge in [0.25, 0.3) is 0 Å². The van der Waals surface area contributed by atoms with E-state index in [-0.39, 0.29) is 28.8 Å². The molecule has 2 fully saturated rings. The first-order chi connectivity index (χ1) is 7.69. The van der Waals surface area contributed by atoms with Gasteiger partial charge in [-0.15, -0.1) is 0 Å². The summed E-state index contributed by atoms with van der Waals surface area (Å²) in [5, 5.41) is 9.57. The number of hydrogen-bond acceptors (Lipinski definition) is 2. The minimum atomic E-state index is -0.298. The lowest BCUT2D eigenvalue weighted by Gasteiger charge is -2.18. The lowest BCUT2D eigenvalue weighted by molar-refractivity contribution is -0.133. The van der Waals surface area contributed by atoms with Crippen molar-refractivity contribution in [2.75, 3.05) is 13.1 Å². The van der Waals surface area contributed by atoms with Crippen LogP contribution in [0.15, 0.2) is 0 Å². The van der Waals surface area contributed by atoms with Gasteiger partial charge < -0.3 is 10.0 Å². The summed E-state index contributed by atoms with van der Waals surface area (Å²) in [5.41, 5.74) is 0.236. The molecule has 1 saturated heterocycles. The second kappa shape index (κ2) is 3.71. The Kier molecular flexibility index (Phi) is 2.81. The molecule has 3 heteroatoms. The van der Waals surface area contributed by atoms with Crippen LogP contribution < -0.4 is 0 Å². The predicted octanol–water partition coefficient (Wildman–Crippen LogP) is 1.90. The van der Waals surface area contributed by atoms with Gasteiger partial charge >= 0.3 is 0 Å². The Labute approximate surface area is 104 Å². The van der Waals surface area contributed by atoms with Crippen LogP contribution in [0, 0.1) is 22.7 Å². The van der Waals surface area contributed by atoms with Gasteiger partial charge in [-0.05, 0) is 24.2 Å². The van der Waals surface area contributed by atoms with Crippen molar-refractivity contribution in [3.8, 4) is 0 Å². The third kappa shape index (κ3) is 1.79. The number of hydrogen-bond donors (Lipinski definition) is 1. The van der Waals surface area contributed by atoms with Crippen LogP contribution in [0.1, 0.15) is 41.0 Å². The molecule has 1 aliphatic heterocycles. The summed E-state index contributed by atoms with van der Waals surface area (Å²) in [5.74, 6) is 0.717. The van der Waals surface area contributed by atoms with Crippen molar-refractivity contribution in [2.45, 2.75) is 47.1 Å². The zero-order valence-electron chi connectivity index (χ0n) is 11.7. The monoisotopic (exact) mass is 239 g/mol. The van der Waals surface area contributed by atoms with Crippen molar-refractivity contribution in [1.29, 1.82) is 0 Å². The van der Waals surface area contributed by atoms with E-state index in [4.69, 9.17) is 0 Å². The van der Waals surface area contributed by atoms with E-state index < -0.39 is 0 Å². The quantitative estimate of drug-likeness (QED) is 0.799. The van der Waals surface area contributed by atoms with Crippen LogP contribution in [0.3, 0.4) is 0 Å². The third-order valence-corrected chi connectivity index (χ3v) is 5.49. The number of aliphatic hydroxyl groups is 1. The summed E-state index contributed by atoms with van der Waals surface area (Å²) in [7, 11) is 0. The van der Waals surface area contributed by atoms with Crippen LogP contribution in [0.5, 0.6) is 0 Å². The molecule has 0 bridgehead atoms. The summed E-state index contributed by atoms with van der Waals surface area (Å²) in [6.45, 7) is 12.1. The maximum Gasteiger partial charge on any atom is 0.226 e. The SMILES string of the molecule is CC(O)C1CCN(C(=O)C2C(C)(C)C2(C)C)C1. The van der Waals surface area contributed by atoms with Crippen LogP contribution in [0.25, 0.3) is 0 Å². The molecule has 17 heavy (non-hydrogen) atoms. The fourth-order valence-corrected chi connectivity index (χ4v) is 3.38. The first kappa shape index (κ1) is 12.9. The van der Waals surface area contributed by atoms with Gasteiger partial charge in [-0.1, -0.05) is 27.7 Å². The molecule has 0 radical (unpaired) electrons. The lowest BCUT2D eigenvalue weighted by Crippen LogP contribution is -2.33. The Bertz CT molecular complexity index is 319. The second-order valence-corrected chi connectivity index (χ2v) is 6.95. The highest BCUT2D eigenvalue weighted by Crippen LogP contribution is 2.68. The van der Waals surface area contributed by atoms with Crippen LogP contribution in [-0.4, -0.2) is 35.1 Å². The highest BCUT2D eigenvalue weighted by molar-refractivity contribution is 5.84. The summed E-state index contributed by atoms with van der Waals surface area (Å²) < 4.78 is 0. The molecule has 1 aliphatic carbocycles. The zero-order chi connectivity index (χ0) is 13.0. The molecular formula is C14H25NO2. The number of likely N-dealkylation sites (tertiary alicyclic amines) is 1. The maximum absolute atomic E-state index is 12.5. The second-order valence-electron chi connectivity index (χ2n) is 6.95. The van der Waals surface area contributed by atoms with E-state index in [9.17, 15) is 9.90 Å². The number of aliphatic hydroxyl groups excluding tert-OH is 1. The summed E-state index contributed by atoms with van der Waals surface area (Å²) in [6, 6.07) is 0. The number of rotatable bonds is 2. The molecular weight excluding hydrogens is 214 g/mol. The average molecular weight is 239 g/mol. The smallest absolute Gasteiger partial charge is 0.226 e. The highest BCUT2D eigenvalue weighted by atomic mass is 16.3. The van der Waals surface area contributed by atoms with Gasteiger partial charge in [-0.25, -0.2) is 0 Å². The number of amides is 1. The highest BCUT2D eigenvalue weighted by Gasteiger charge is 2.69. The molecule has 3 nitrogen and oxygen atoms in total. The van der Waals surface area contributed by atoms with Crippen LogP contribution in [0.2, 0.25) is 0 Å². The van der Waals surface area contributed by atoms with Crippen LogP contribution >= 0.6 is 0 Å². The lowest BCUT2D eigenvalue weighted by atomic mass is 10.0. The Morgan fingerprint density at radius 1 is 1.29 bits per heavy atom. The van der Waals surface area contributed by atoms with Crippen molar-refractivity contribution in [3.63, 3.8) is 0 Å². The number of nitrogens with zero attached hydrogens (tertiary/aromatic N) is 1. The van der Waals surface area contributed by atoms with E-state index in [1.807, 2.05) is 11.8 Å². The van der Waals surface area contributed by atoms with Crippen molar-refractivity contribution in [3.05, 3.63) is 0 Å². The predicted molar refractivity (Wildman–Crippen MR) is 67.4 cm³/mol. The standard InChI is InChI=1S/C14H25NO2/c1-9(16)10-6-7-15(8-10)12(17)11-13(2,3)14(11,4)5/h9-11,16H,6-8H2,1-5H3. The minimum Gasteiger partial charge on any atom is -0.393 e. The molecule has 1 N–H and O–H groups in total. The van der Waals surface area contributed by atoms with Crippen LogP contribution in [0.4, 0.5) is 0 Å². The summed E-state index contributed by atoms with van der Waals surface area (Å²) in [6.07, 6.45) is 0.643. The first-order valence-corrected chi connectivity index (χ1v) is 6.66. The van der Waals surface area contributed by atoms with Gasteiger partial charge in [-0.3, -0.25) is 4.79 Å². The molecule has 2 unspecified atom stereocenters. The number of carbonyl (C=O) groups excluding carboxylic acids is 1. The average Bonchev–Trinajstić information content (AvgIpc) is 2.57. The fraction of sp³-hybridized carbons (Fsp3) is 0.929. The van der Waals surface area contributed by atoms with E-state index >= 15 is 0 Å². The molecule has 1 heterocycles. The molecule has 0 aromatic heterocycles. The molecule has 2 atom stereocenters. The van der Waals surface area contributed by atoms with Gasteiger partial charge in [0.2, 0.25) is 5.91 Å². The Morgan fingerprint density at radius 2 is 1.82 bits per heavy atom. The van der Waals surface area contributed by atoms with E-state index in [0.29, 0.717) is 5.91 Å². The molecule has 2 aliphatic rings. The van der Waals surface area contributed by atoms with E-state index in [0.717, 1.165) is 19.5 Å². The maximum atomic E-state index is 12.5. The summed E-state index contributed by atoms with van der Waals surface area (Å²) >= 11 is 0. The van der Waals surface area contributed by atoms with Crippen molar-refractivity contribution >= 4 is 5.91 Å². The molecule has 0 aromatic carbocycles. The van der Waals surface area contributed by atoms with E-state index in [1.54, 1.807) is 0 Å². The van der Waals surface area contributed by atoms with Gasteiger partial charge in [0.15, 0.2) is 0 Å². The Morgan fingerprint density at radius 3 is 2.18 bits per heavy atom. The topological polar surface area (TPSA) is 40.5 Å². The van der Waals surface area contributed by atoms with Gasteiger partial charge in [0, 0.05) is 24.9 Å². The molecule has 2 rings (SSSR count). The molecule has 0 spiro atoms. The fourth-order valence-electron chi connectivity index (χ4n) is 3.38. The molecule has 1 saturated carbocycles. The zero-order valence-corrected chi connectivity index (χ0v) is 11.7. The van der Waals surface area contributed by atoms with Crippen LogP contribution in [-0.2, 0) is 4.79 Å². The Balaban J connectivity index is 2.00. The normalized spacial score (nSPS) is 32.6.